The zero-order valence-electron chi connectivity index (χ0n) is 18.5. The van der Waals surface area contributed by atoms with Crippen LogP contribution in [-0.4, -0.2) is 72.0 Å². The van der Waals surface area contributed by atoms with E-state index in [1.165, 1.54) is 18.4 Å². The maximum absolute atomic E-state index is 14.1. The van der Waals surface area contributed by atoms with Gasteiger partial charge in [-0.25, -0.2) is 24.3 Å². The van der Waals surface area contributed by atoms with Crippen molar-refractivity contribution in [3.63, 3.8) is 0 Å². The lowest BCUT2D eigenvalue weighted by Crippen LogP contribution is -2.49. The minimum Gasteiger partial charge on any atom is -0.367 e. The van der Waals surface area contributed by atoms with E-state index >= 15 is 0 Å². The fourth-order valence-electron chi connectivity index (χ4n) is 4.07. The number of aromatic nitrogens is 5. The summed E-state index contributed by atoms with van der Waals surface area (Å²) in [5.41, 5.74) is 3.58. The Bertz CT molecular complexity index is 1370. The maximum Gasteiger partial charge on any atom is 0.242 e. The number of piperazine rings is 1. The van der Waals surface area contributed by atoms with Gasteiger partial charge in [0.25, 0.3) is 0 Å². The highest BCUT2D eigenvalue weighted by Gasteiger charge is 2.24. The van der Waals surface area contributed by atoms with E-state index < -0.39 is 10.8 Å². The summed E-state index contributed by atoms with van der Waals surface area (Å²) in [7, 11) is -1.29. The Kier molecular flexibility index (Phi) is 6.01. The van der Waals surface area contributed by atoms with Gasteiger partial charge in [-0.05, 0) is 30.3 Å². The van der Waals surface area contributed by atoms with Crippen molar-refractivity contribution in [1.82, 2.24) is 29.4 Å². The molecule has 5 rings (SSSR count). The lowest BCUT2D eigenvalue weighted by molar-refractivity contribution is -0.132. The van der Waals surface area contributed by atoms with Gasteiger partial charge in [0.1, 0.15) is 17.9 Å². The van der Waals surface area contributed by atoms with Gasteiger partial charge < -0.3 is 14.4 Å². The summed E-state index contributed by atoms with van der Waals surface area (Å²) in [6.45, 7) is 2.47. The van der Waals surface area contributed by atoms with Crippen LogP contribution in [0.25, 0.3) is 22.3 Å². The van der Waals surface area contributed by atoms with Gasteiger partial charge in [0, 0.05) is 67.8 Å². The summed E-state index contributed by atoms with van der Waals surface area (Å²) < 4.78 is 27.4. The molecule has 0 saturated carbocycles. The van der Waals surface area contributed by atoms with Gasteiger partial charge in [-0.15, -0.1) is 0 Å². The monoisotopic (exact) mass is 479 g/mol. The molecule has 34 heavy (non-hydrogen) atoms. The molecule has 0 N–H and O–H groups in total. The molecule has 174 valence electrons. The first-order valence-electron chi connectivity index (χ1n) is 10.7. The van der Waals surface area contributed by atoms with Gasteiger partial charge in [0.2, 0.25) is 11.1 Å². The fraction of sp³-hybridized carbons (Fsp3) is 0.261. The van der Waals surface area contributed by atoms with Crippen LogP contribution in [0.4, 0.5) is 10.1 Å². The number of nitrogens with zero attached hydrogens (tertiary/aromatic N) is 7. The zero-order valence-corrected chi connectivity index (χ0v) is 19.3. The molecule has 0 bridgehead atoms. The first kappa shape index (κ1) is 22.1. The van der Waals surface area contributed by atoms with Crippen molar-refractivity contribution in [2.45, 2.75) is 11.7 Å². The minimum absolute atomic E-state index is 0.000451. The van der Waals surface area contributed by atoms with Gasteiger partial charge in [0.15, 0.2) is 5.65 Å². The second-order valence-corrected chi connectivity index (χ2v) is 9.23. The number of amides is 1. The molecule has 11 heteroatoms. The van der Waals surface area contributed by atoms with Crippen molar-refractivity contribution in [3.8, 4) is 11.1 Å². The molecule has 9 nitrogen and oxygen atoms in total. The van der Waals surface area contributed by atoms with Crippen LogP contribution in [0, 0.1) is 5.82 Å². The molecule has 1 aromatic carbocycles. The lowest BCUT2D eigenvalue weighted by atomic mass is 10.0. The lowest BCUT2D eigenvalue weighted by Gasteiger charge is -2.37. The predicted octanol–water partition coefficient (Wildman–Crippen LogP) is 2.11. The number of hydrogen-bond acceptors (Lipinski definition) is 7. The highest BCUT2D eigenvalue weighted by molar-refractivity contribution is 7.84. The standard InChI is InChI=1S/C23H22FN7O2S/c1-34(33)23-26-12-16(13-27-23)18-11-17(24)4-5-20(18)29-7-9-30(10-8-29)21(32)14-31-15-28-19-3-2-6-25-22(19)31/h2-6,11-13,15H,7-10,14H2,1H3. The van der Waals surface area contributed by atoms with Gasteiger partial charge in [-0.2, -0.15) is 0 Å². The number of carbonyl (C=O) groups is 1. The van der Waals surface area contributed by atoms with Crippen LogP contribution in [0.1, 0.15) is 0 Å². The molecular weight excluding hydrogens is 457 g/mol. The molecule has 1 saturated heterocycles. The summed E-state index contributed by atoms with van der Waals surface area (Å²) in [5.74, 6) is -0.364. The molecule has 3 aromatic heterocycles. The topological polar surface area (TPSA) is 97.1 Å². The number of pyridine rings is 1. The molecule has 1 atom stereocenters. The maximum atomic E-state index is 14.1. The van der Waals surface area contributed by atoms with Crippen molar-refractivity contribution in [1.29, 1.82) is 0 Å². The molecule has 1 fully saturated rings. The average molecular weight is 480 g/mol. The number of anilines is 1. The molecule has 1 unspecified atom stereocenters. The first-order chi connectivity index (χ1) is 16.5. The fourth-order valence-corrected chi connectivity index (χ4v) is 4.48. The molecule has 1 aliphatic heterocycles. The van der Waals surface area contributed by atoms with Crippen LogP contribution in [0.2, 0.25) is 0 Å². The van der Waals surface area contributed by atoms with Gasteiger partial charge >= 0.3 is 0 Å². The third kappa shape index (κ3) is 4.38. The SMILES string of the molecule is CS(=O)c1ncc(-c2cc(F)ccc2N2CCN(C(=O)Cn3cnc4cccnc43)CC2)cn1. The molecule has 0 radical (unpaired) electrons. The summed E-state index contributed by atoms with van der Waals surface area (Å²) in [6.07, 6.45) is 7.95. The number of fused-ring (bicyclic) bond motifs is 1. The van der Waals surface area contributed by atoms with E-state index in [9.17, 15) is 13.4 Å². The summed E-state index contributed by atoms with van der Waals surface area (Å²) in [5, 5.41) is 0.231. The van der Waals surface area contributed by atoms with E-state index in [-0.39, 0.29) is 23.4 Å². The normalized spacial score (nSPS) is 15.0. The van der Waals surface area contributed by atoms with Crippen LogP contribution in [-0.2, 0) is 22.1 Å². The van der Waals surface area contributed by atoms with E-state index in [4.69, 9.17) is 0 Å². The Balaban J connectivity index is 1.30. The summed E-state index contributed by atoms with van der Waals surface area (Å²) in [6, 6.07) is 8.28. The number of halogens is 1. The Morgan fingerprint density at radius 2 is 1.82 bits per heavy atom. The number of carbonyl (C=O) groups excluding carboxylic acids is 1. The van der Waals surface area contributed by atoms with Crippen LogP contribution < -0.4 is 4.90 Å². The zero-order chi connectivity index (χ0) is 23.7. The van der Waals surface area contributed by atoms with E-state index in [1.807, 2.05) is 17.0 Å². The van der Waals surface area contributed by atoms with Crippen LogP contribution in [0.5, 0.6) is 0 Å². The number of imidazole rings is 1. The highest BCUT2D eigenvalue weighted by atomic mass is 32.2. The van der Waals surface area contributed by atoms with Crippen molar-refractivity contribution >= 4 is 33.6 Å². The van der Waals surface area contributed by atoms with Crippen LogP contribution in [0.3, 0.4) is 0 Å². The molecule has 4 heterocycles. The Morgan fingerprint density at radius 3 is 2.56 bits per heavy atom. The predicted molar refractivity (Wildman–Crippen MR) is 126 cm³/mol. The number of benzene rings is 1. The molecular formula is C23H22FN7O2S. The van der Waals surface area contributed by atoms with Crippen LogP contribution >= 0.6 is 0 Å². The van der Waals surface area contributed by atoms with E-state index in [2.05, 4.69) is 24.8 Å². The number of rotatable bonds is 5. The Labute approximate surface area is 197 Å². The first-order valence-corrected chi connectivity index (χ1v) is 12.3. The molecule has 0 aliphatic carbocycles. The second-order valence-electron chi connectivity index (χ2n) is 7.96. The van der Waals surface area contributed by atoms with Gasteiger partial charge in [-0.1, -0.05) is 0 Å². The largest absolute Gasteiger partial charge is 0.367 e. The smallest absolute Gasteiger partial charge is 0.242 e. The third-order valence-electron chi connectivity index (χ3n) is 5.81. The Hall–Kier alpha value is -3.73. The van der Waals surface area contributed by atoms with Crippen molar-refractivity contribution in [2.24, 2.45) is 0 Å². The average Bonchev–Trinajstić information content (AvgIpc) is 3.27. The molecule has 1 aliphatic rings. The molecule has 4 aromatic rings. The van der Waals surface area contributed by atoms with Crippen molar-refractivity contribution in [3.05, 3.63) is 61.1 Å². The van der Waals surface area contributed by atoms with E-state index in [1.54, 1.807) is 35.6 Å². The van der Waals surface area contributed by atoms with E-state index in [0.717, 1.165) is 11.2 Å². The van der Waals surface area contributed by atoms with Crippen LogP contribution in [0.15, 0.2) is 60.4 Å². The van der Waals surface area contributed by atoms with E-state index in [0.29, 0.717) is 43.0 Å². The Morgan fingerprint density at radius 1 is 1.06 bits per heavy atom. The molecule has 1 amide bonds. The van der Waals surface area contributed by atoms with Gasteiger partial charge in [0.05, 0.1) is 17.1 Å². The minimum atomic E-state index is -1.29. The quantitative estimate of drug-likeness (QED) is 0.405. The second kappa shape index (κ2) is 9.26. The van der Waals surface area contributed by atoms with Gasteiger partial charge in [-0.3, -0.25) is 9.00 Å². The third-order valence-corrected chi connectivity index (χ3v) is 6.53. The van der Waals surface area contributed by atoms with Crippen molar-refractivity contribution in [2.75, 3.05) is 37.3 Å². The highest BCUT2D eigenvalue weighted by Crippen LogP contribution is 2.32. The number of hydrogen-bond donors (Lipinski definition) is 0. The molecule has 0 spiro atoms. The summed E-state index contributed by atoms with van der Waals surface area (Å²) in [4.78, 5) is 33.8. The van der Waals surface area contributed by atoms with Crippen molar-refractivity contribution < 1.29 is 13.4 Å². The summed E-state index contributed by atoms with van der Waals surface area (Å²) >= 11 is 0.